The monoisotopic (exact) mass is 585 g/mol. The summed E-state index contributed by atoms with van der Waals surface area (Å²) in [5.41, 5.74) is 1.78. The number of hydrogen-bond donors (Lipinski definition) is 2. The summed E-state index contributed by atoms with van der Waals surface area (Å²) in [7, 11) is 1.95. The predicted molar refractivity (Wildman–Crippen MR) is 156 cm³/mol. The van der Waals surface area contributed by atoms with Gasteiger partial charge in [-0.1, -0.05) is 67.1 Å². The summed E-state index contributed by atoms with van der Waals surface area (Å²) >= 11 is 0. The van der Waals surface area contributed by atoms with E-state index in [4.69, 9.17) is 4.74 Å². The number of nitrogens with one attached hydrogen (secondary N) is 1. The van der Waals surface area contributed by atoms with Gasteiger partial charge in [-0.15, -0.1) is 0 Å². The van der Waals surface area contributed by atoms with Gasteiger partial charge < -0.3 is 25.0 Å². The lowest BCUT2D eigenvalue weighted by atomic mass is 9.60. The Morgan fingerprint density at radius 2 is 1.79 bits per heavy atom. The van der Waals surface area contributed by atoms with Gasteiger partial charge in [0.05, 0.1) is 31.6 Å². The van der Waals surface area contributed by atoms with Gasteiger partial charge in [0.1, 0.15) is 23.4 Å². The fraction of sp³-hybridized carbons (Fsp3) is 0.545. The largest absolute Gasteiger partial charge is 0.481 e. The number of ether oxygens (including phenoxy) is 1. The summed E-state index contributed by atoms with van der Waals surface area (Å²) in [4.78, 5) is 43.2. The smallest absolute Gasteiger partial charge is 0.305 e. The highest BCUT2D eigenvalue weighted by atomic mass is 16.6. The number of likely N-dealkylation sites (N-methyl/N-ethyl adjacent to an activating group) is 1. The fourth-order valence-corrected chi connectivity index (χ4v) is 9.47. The molecule has 4 heterocycles. The first-order valence-electron chi connectivity index (χ1n) is 15.7. The molecule has 4 saturated heterocycles. The molecule has 226 valence electrons. The number of carboxylic acid groups (broad SMARTS) is 1. The van der Waals surface area contributed by atoms with Crippen molar-refractivity contribution in [3.8, 4) is 0 Å². The number of hydrogen-bond acceptors (Lipinski definition) is 7. The maximum absolute atomic E-state index is 14.1. The van der Waals surface area contributed by atoms with E-state index in [0.717, 1.165) is 25.7 Å². The van der Waals surface area contributed by atoms with Crippen molar-refractivity contribution in [3.63, 3.8) is 0 Å². The summed E-state index contributed by atoms with van der Waals surface area (Å²) in [6, 6.07) is 19.8. The first-order valence-corrected chi connectivity index (χ1v) is 15.7. The van der Waals surface area contributed by atoms with Crippen LogP contribution >= 0.6 is 0 Å². The lowest BCUT2D eigenvalue weighted by molar-refractivity contribution is -0.226. The molecule has 0 radical (unpaired) electrons. The van der Waals surface area contributed by atoms with Crippen molar-refractivity contribution in [2.45, 2.75) is 80.1 Å². The molecule has 43 heavy (non-hydrogen) atoms. The standard InChI is InChI=1S/C33H39N5O5/c1-35-20-27(39)37-25(15-28(40)41)31(42)36-18-24(22-11-6-3-7-12-22)23-13-8-14-32-29(34-17-21-9-4-2-5-10-21)30(33(32,16-23)43-32)38(35)26(37)19-36/h2-7,9-12,23-26,29-30,34H,8,13-20H2,1H3,(H,40,41)/t23?,24?,25-,26-,29?,30?,32?,33?/m0/s1. The van der Waals surface area contributed by atoms with Gasteiger partial charge in [-0.2, -0.15) is 0 Å². The first-order chi connectivity index (χ1) is 20.8. The number of epoxide rings is 1. The second kappa shape index (κ2) is 9.85. The Balaban J connectivity index is 1.24. The zero-order valence-corrected chi connectivity index (χ0v) is 24.5. The molecule has 10 nitrogen and oxygen atoms in total. The zero-order chi connectivity index (χ0) is 29.5. The third-order valence-electron chi connectivity index (χ3n) is 11.2. The Hall–Kier alpha value is -3.31. The number of piperazine rings is 1. The van der Waals surface area contributed by atoms with Crippen LogP contribution in [0.4, 0.5) is 0 Å². The van der Waals surface area contributed by atoms with Crippen LogP contribution < -0.4 is 5.32 Å². The van der Waals surface area contributed by atoms with E-state index in [-0.39, 0.29) is 47.6 Å². The second-order valence-electron chi connectivity index (χ2n) is 13.4. The van der Waals surface area contributed by atoms with E-state index in [2.05, 4.69) is 58.9 Å². The molecule has 1 spiro atoms. The quantitative estimate of drug-likeness (QED) is 0.496. The van der Waals surface area contributed by atoms with Crippen molar-refractivity contribution < 1.29 is 24.2 Å². The van der Waals surface area contributed by atoms with E-state index in [1.165, 1.54) is 11.1 Å². The van der Waals surface area contributed by atoms with Crippen molar-refractivity contribution >= 4 is 17.8 Å². The Labute approximate surface area is 251 Å². The molecule has 2 aromatic rings. The third-order valence-corrected chi connectivity index (χ3v) is 11.2. The molecule has 4 bridgehead atoms. The van der Waals surface area contributed by atoms with Gasteiger partial charge in [0.2, 0.25) is 11.8 Å². The summed E-state index contributed by atoms with van der Waals surface area (Å²) < 4.78 is 7.00. The molecule has 2 aliphatic carbocycles. The maximum Gasteiger partial charge on any atom is 0.305 e. The maximum atomic E-state index is 14.1. The molecule has 8 atom stereocenters. The SMILES string of the molecule is CN1CC(=O)N2[C@@H](CC(=O)O)C(=O)N3CC(c4ccccc4)C4CCCC56OC5(C4)C(C6NCc4ccccc4)N1[C@H]2C3. The number of amides is 2. The van der Waals surface area contributed by atoms with Crippen molar-refractivity contribution in [2.75, 3.05) is 26.7 Å². The van der Waals surface area contributed by atoms with Gasteiger partial charge >= 0.3 is 5.97 Å². The molecule has 2 saturated carbocycles. The van der Waals surface area contributed by atoms with Gasteiger partial charge in [-0.25, -0.2) is 10.0 Å². The summed E-state index contributed by atoms with van der Waals surface area (Å²) in [5.74, 6) is -1.14. The van der Waals surface area contributed by atoms with E-state index in [1.54, 1.807) is 4.90 Å². The molecular weight excluding hydrogens is 546 g/mol. The Kier molecular flexibility index (Phi) is 6.24. The lowest BCUT2D eigenvalue weighted by Gasteiger charge is -2.62. The number of hydrazine groups is 1. The molecule has 6 aliphatic rings. The minimum atomic E-state index is -1.08. The normalized spacial score (nSPS) is 38.5. The van der Waals surface area contributed by atoms with Crippen LogP contribution in [0.25, 0.3) is 0 Å². The van der Waals surface area contributed by atoms with Crippen molar-refractivity contribution in [1.29, 1.82) is 0 Å². The fourth-order valence-electron chi connectivity index (χ4n) is 9.47. The molecule has 2 amide bonds. The van der Waals surface area contributed by atoms with Crippen LogP contribution in [-0.2, 0) is 25.7 Å². The molecule has 2 N–H and O–H groups in total. The van der Waals surface area contributed by atoms with Crippen molar-refractivity contribution in [2.24, 2.45) is 5.92 Å². The van der Waals surface area contributed by atoms with Gasteiger partial charge in [0.25, 0.3) is 0 Å². The van der Waals surface area contributed by atoms with Gasteiger partial charge in [-0.3, -0.25) is 14.4 Å². The van der Waals surface area contributed by atoms with Crippen LogP contribution in [-0.4, -0.2) is 105 Å². The van der Waals surface area contributed by atoms with Crippen LogP contribution in [0.5, 0.6) is 0 Å². The molecule has 8 rings (SSSR count). The lowest BCUT2D eigenvalue weighted by Crippen LogP contribution is -2.83. The average Bonchev–Trinajstić information content (AvgIpc) is 3.57. The third kappa shape index (κ3) is 3.96. The highest BCUT2D eigenvalue weighted by molar-refractivity contribution is 5.93. The first kappa shape index (κ1) is 27.3. The number of carboxylic acids is 1. The highest BCUT2D eigenvalue weighted by Crippen LogP contribution is 2.72. The molecule has 4 aliphatic heterocycles. The molecule has 0 aromatic heterocycles. The average molecular weight is 586 g/mol. The number of carbonyl (C=O) groups excluding carboxylic acids is 2. The molecule has 6 unspecified atom stereocenters. The number of nitrogens with zero attached hydrogens (tertiary/aromatic N) is 4. The number of rotatable bonds is 6. The van der Waals surface area contributed by atoms with Crippen molar-refractivity contribution in [1.82, 2.24) is 25.1 Å². The topological polar surface area (TPSA) is 109 Å². The summed E-state index contributed by atoms with van der Waals surface area (Å²) in [5, 5.41) is 18.0. The van der Waals surface area contributed by atoms with Crippen LogP contribution in [0.3, 0.4) is 0 Å². The van der Waals surface area contributed by atoms with E-state index < -0.39 is 24.6 Å². The van der Waals surface area contributed by atoms with Crippen LogP contribution in [0.2, 0.25) is 0 Å². The number of fused-ring (bicyclic) bond motifs is 3. The van der Waals surface area contributed by atoms with Crippen LogP contribution in [0.1, 0.15) is 49.1 Å². The van der Waals surface area contributed by atoms with Gasteiger partial charge in [-0.05, 0) is 36.3 Å². The van der Waals surface area contributed by atoms with E-state index in [0.29, 0.717) is 25.6 Å². The zero-order valence-electron chi connectivity index (χ0n) is 24.5. The van der Waals surface area contributed by atoms with Crippen molar-refractivity contribution in [3.05, 3.63) is 71.8 Å². The minimum absolute atomic E-state index is 0.0301. The summed E-state index contributed by atoms with van der Waals surface area (Å²) in [6.07, 6.45) is 3.10. The van der Waals surface area contributed by atoms with Crippen LogP contribution in [0, 0.1) is 5.92 Å². The van der Waals surface area contributed by atoms with Gasteiger partial charge in [0, 0.05) is 26.1 Å². The predicted octanol–water partition coefficient (Wildman–Crippen LogP) is 2.03. The molecule has 2 aromatic carbocycles. The highest BCUT2D eigenvalue weighted by Gasteiger charge is 2.89. The summed E-state index contributed by atoms with van der Waals surface area (Å²) in [6.45, 7) is 1.65. The number of benzene rings is 2. The van der Waals surface area contributed by atoms with E-state index in [1.807, 2.05) is 29.1 Å². The molecule has 6 fully saturated rings. The number of aliphatic carboxylic acids is 1. The Morgan fingerprint density at radius 3 is 2.53 bits per heavy atom. The van der Waals surface area contributed by atoms with E-state index >= 15 is 0 Å². The second-order valence-corrected chi connectivity index (χ2v) is 13.4. The molecule has 10 heteroatoms. The Morgan fingerprint density at radius 1 is 1.05 bits per heavy atom. The number of carbonyl (C=O) groups is 3. The molecular formula is C33H39N5O5. The minimum Gasteiger partial charge on any atom is -0.481 e. The van der Waals surface area contributed by atoms with Crippen LogP contribution in [0.15, 0.2) is 60.7 Å². The Bertz CT molecular complexity index is 1440. The van der Waals surface area contributed by atoms with Gasteiger partial charge in [0.15, 0.2) is 0 Å². The van der Waals surface area contributed by atoms with E-state index in [9.17, 15) is 19.5 Å².